The highest BCUT2D eigenvalue weighted by Crippen LogP contribution is 2.23. The van der Waals surface area contributed by atoms with Crippen LogP contribution < -0.4 is 5.32 Å². The average Bonchev–Trinajstić information content (AvgIpc) is 2.80. The molecule has 1 saturated carbocycles. The van der Waals surface area contributed by atoms with Gasteiger partial charge in [0, 0.05) is 36.4 Å². The summed E-state index contributed by atoms with van der Waals surface area (Å²) in [6, 6.07) is 1.17. The quantitative estimate of drug-likeness (QED) is 0.896. The fourth-order valence-electron chi connectivity index (χ4n) is 3.61. The molecule has 1 saturated heterocycles. The van der Waals surface area contributed by atoms with Gasteiger partial charge in [-0.05, 0) is 39.5 Å². The number of alkyl halides is 2. The lowest BCUT2D eigenvalue weighted by Gasteiger charge is -2.37. The van der Waals surface area contributed by atoms with Gasteiger partial charge in [0.1, 0.15) is 0 Å². The summed E-state index contributed by atoms with van der Waals surface area (Å²) >= 11 is 0. The molecule has 1 aliphatic carbocycles. The van der Waals surface area contributed by atoms with Gasteiger partial charge in [0.2, 0.25) is 5.91 Å². The molecule has 2 fully saturated rings. The fraction of sp³-hybridized carbons (Fsp3) is 0.765. The molecule has 7 heteroatoms. The average molecular weight is 340 g/mol. The normalized spacial score (nSPS) is 19.8. The van der Waals surface area contributed by atoms with Gasteiger partial charge in [-0.2, -0.15) is 13.9 Å². The van der Waals surface area contributed by atoms with Gasteiger partial charge in [-0.15, -0.1) is 0 Å². The van der Waals surface area contributed by atoms with Crippen LogP contribution in [0.3, 0.4) is 0 Å². The summed E-state index contributed by atoms with van der Waals surface area (Å²) in [6.45, 7) is 2.10. The van der Waals surface area contributed by atoms with E-state index in [2.05, 4.69) is 10.4 Å². The Labute approximate surface area is 141 Å². The van der Waals surface area contributed by atoms with Crippen molar-refractivity contribution >= 4 is 5.91 Å². The Morgan fingerprint density at radius 3 is 2.33 bits per heavy atom. The number of likely N-dealkylation sites (tertiary alicyclic amines) is 1. The topological polar surface area (TPSA) is 50.2 Å². The highest BCUT2D eigenvalue weighted by Gasteiger charge is 2.27. The second-order valence-electron chi connectivity index (χ2n) is 7.00. The third-order valence-corrected chi connectivity index (χ3v) is 5.41. The first kappa shape index (κ1) is 17.3. The number of piperidine rings is 1. The van der Waals surface area contributed by atoms with Crippen LogP contribution >= 0.6 is 0 Å². The molecule has 0 unspecified atom stereocenters. The van der Waals surface area contributed by atoms with Crippen LogP contribution in [-0.2, 0) is 11.2 Å². The Kier molecular flexibility index (Phi) is 5.18. The highest BCUT2D eigenvalue weighted by molar-refractivity contribution is 5.79. The van der Waals surface area contributed by atoms with Crippen molar-refractivity contribution in [1.82, 2.24) is 20.0 Å². The van der Waals surface area contributed by atoms with Gasteiger partial charge < -0.3 is 10.2 Å². The minimum absolute atomic E-state index is 0.0112. The van der Waals surface area contributed by atoms with Crippen LogP contribution in [-0.4, -0.2) is 45.8 Å². The monoisotopic (exact) mass is 340 g/mol. The van der Waals surface area contributed by atoms with Crippen molar-refractivity contribution in [2.75, 3.05) is 13.1 Å². The number of hydrogen-bond donors (Lipinski definition) is 1. The van der Waals surface area contributed by atoms with E-state index in [-0.39, 0.29) is 12.3 Å². The van der Waals surface area contributed by atoms with Crippen molar-refractivity contribution in [3.8, 4) is 0 Å². The van der Waals surface area contributed by atoms with E-state index in [1.807, 2.05) is 4.90 Å². The molecule has 2 heterocycles. The number of nitrogens with one attached hydrogen (secondary N) is 1. The highest BCUT2D eigenvalue weighted by atomic mass is 19.3. The standard InChI is InChI=1S/C17H26F2N4O/c1-11-15(12(2)23(21-11)17(18)19)10-16(24)22-8-6-14(7-9-22)20-13-4-3-5-13/h13-14,17,20H,3-10H2,1-2H3. The zero-order chi connectivity index (χ0) is 17.3. The van der Waals surface area contributed by atoms with Crippen LogP contribution in [0.5, 0.6) is 0 Å². The van der Waals surface area contributed by atoms with Crippen LogP contribution in [0.2, 0.25) is 0 Å². The molecular formula is C17H26F2N4O. The number of rotatable bonds is 5. The minimum Gasteiger partial charge on any atom is -0.342 e. The number of halogens is 2. The number of amides is 1. The Hall–Kier alpha value is -1.50. The first-order valence-corrected chi connectivity index (χ1v) is 8.82. The molecule has 1 aromatic heterocycles. The Balaban J connectivity index is 1.54. The fourth-order valence-corrected chi connectivity index (χ4v) is 3.61. The Morgan fingerprint density at radius 2 is 1.83 bits per heavy atom. The second-order valence-corrected chi connectivity index (χ2v) is 7.00. The maximum atomic E-state index is 12.9. The summed E-state index contributed by atoms with van der Waals surface area (Å²) in [6.07, 6.45) is 5.95. The summed E-state index contributed by atoms with van der Waals surface area (Å²) in [5.74, 6) is 0.0112. The second kappa shape index (κ2) is 7.17. The van der Waals surface area contributed by atoms with E-state index in [0.29, 0.717) is 33.7 Å². The summed E-state index contributed by atoms with van der Waals surface area (Å²) < 4.78 is 26.5. The first-order chi connectivity index (χ1) is 11.5. The molecule has 5 nitrogen and oxygen atoms in total. The van der Waals surface area contributed by atoms with Gasteiger partial charge in [0.25, 0.3) is 0 Å². The summed E-state index contributed by atoms with van der Waals surface area (Å²) in [5.41, 5.74) is 1.54. The van der Waals surface area contributed by atoms with E-state index in [1.165, 1.54) is 19.3 Å². The van der Waals surface area contributed by atoms with Crippen LogP contribution in [0.15, 0.2) is 0 Å². The maximum Gasteiger partial charge on any atom is 0.333 e. The molecule has 0 spiro atoms. The molecule has 3 rings (SSSR count). The number of aromatic nitrogens is 2. The molecule has 24 heavy (non-hydrogen) atoms. The molecule has 0 atom stereocenters. The molecule has 0 bridgehead atoms. The van der Waals surface area contributed by atoms with Crippen LogP contribution in [0.4, 0.5) is 8.78 Å². The van der Waals surface area contributed by atoms with E-state index >= 15 is 0 Å². The Bertz CT molecular complexity index is 590. The van der Waals surface area contributed by atoms with E-state index in [4.69, 9.17) is 0 Å². The van der Waals surface area contributed by atoms with E-state index in [0.717, 1.165) is 25.9 Å². The first-order valence-electron chi connectivity index (χ1n) is 8.82. The molecule has 0 radical (unpaired) electrons. The zero-order valence-electron chi connectivity index (χ0n) is 14.4. The van der Waals surface area contributed by atoms with Gasteiger partial charge >= 0.3 is 6.55 Å². The van der Waals surface area contributed by atoms with Gasteiger partial charge in [-0.25, -0.2) is 4.68 Å². The predicted octanol–water partition coefficient (Wildman–Crippen LogP) is 2.57. The van der Waals surface area contributed by atoms with Gasteiger partial charge in [0.15, 0.2) is 0 Å². The number of carbonyl (C=O) groups is 1. The number of carbonyl (C=O) groups excluding carboxylic acids is 1. The van der Waals surface area contributed by atoms with Crippen molar-refractivity contribution in [1.29, 1.82) is 0 Å². The molecule has 1 amide bonds. The minimum atomic E-state index is -2.67. The third kappa shape index (κ3) is 3.61. The summed E-state index contributed by atoms with van der Waals surface area (Å²) in [4.78, 5) is 14.4. The van der Waals surface area contributed by atoms with Crippen LogP contribution in [0.1, 0.15) is 55.6 Å². The SMILES string of the molecule is Cc1nn(C(F)F)c(C)c1CC(=O)N1CCC(NC2CCC2)CC1. The molecule has 2 aliphatic rings. The van der Waals surface area contributed by atoms with Gasteiger partial charge in [0.05, 0.1) is 12.1 Å². The van der Waals surface area contributed by atoms with Crippen molar-refractivity contribution in [3.63, 3.8) is 0 Å². The lowest BCUT2D eigenvalue weighted by atomic mass is 9.91. The number of nitrogens with zero attached hydrogens (tertiary/aromatic N) is 3. The molecule has 1 aliphatic heterocycles. The Morgan fingerprint density at radius 1 is 1.21 bits per heavy atom. The summed E-state index contributed by atoms with van der Waals surface area (Å²) in [7, 11) is 0. The third-order valence-electron chi connectivity index (χ3n) is 5.41. The van der Waals surface area contributed by atoms with Crippen molar-refractivity contribution in [3.05, 3.63) is 17.0 Å². The van der Waals surface area contributed by atoms with Gasteiger partial charge in [-0.3, -0.25) is 4.79 Å². The zero-order valence-corrected chi connectivity index (χ0v) is 14.4. The lowest BCUT2D eigenvalue weighted by Crippen LogP contribution is -2.49. The van der Waals surface area contributed by atoms with E-state index < -0.39 is 6.55 Å². The van der Waals surface area contributed by atoms with Crippen molar-refractivity contribution < 1.29 is 13.6 Å². The summed E-state index contributed by atoms with van der Waals surface area (Å²) in [5, 5.41) is 7.52. The van der Waals surface area contributed by atoms with Crippen molar-refractivity contribution in [2.45, 2.75) is 71.0 Å². The number of hydrogen-bond acceptors (Lipinski definition) is 3. The molecular weight excluding hydrogens is 314 g/mol. The molecule has 134 valence electrons. The van der Waals surface area contributed by atoms with E-state index in [1.54, 1.807) is 13.8 Å². The smallest absolute Gasteiger partial charge is 0.333 e. The molecule has 1 aromatic rings. The molecule has 0 aromatic carbocycles. The number of aryl methyl sites for hydroxylation is 1. The van der Waals surface area contributed by atoms with E-state index in [9.17, 15) is 13.6 Å². The largest absolute Gasteiger partial charge is 0.342 e. The van der Waals surface area contributed by atoms with Crippen LogP contribution in [0, 0.1) is 13.8 Å². The van der Waals surface area contributed by atoms with Crippen LogP contribution in [0.25, 0.3) is 0 Å². The maximum absolute atomic E-state index is 12.9. The predicted molar refractivity (Wildman–Crippen MR) is 87.0 cm³/mol. The van der Waals surface area contributed by atoms with Crippen molar-refractivity contribution in [2.24, 2.45) is 0 Å². The van der Waals surface area contributed by atoms with Gasteiger partial charge in [-0.1, -0.05) is 6.42 Å². The lowest BCUT2D eigenvalue weighted by molar-refractivity contribution is -0.131. The molecule has 1 N–H and O–H groups in total.